The molecule has 3 aliphatic heterocycles. The molecule has 3 aliphatic rings. The Morgan fingerprint density at radius 2 is 1.63 bits per heavy atom. The minimum absolute atomic E-state index is 0.0377. The first-order valence-corrected chi connectivity index (χ1v) is 11.0. The first-order valence-electron chi connectivity index (χ1n) is 11.0. The van der Waals surface area contributed by atoms with Gasteiger partial charge in [-0.1, -0.05) is 60.7 Å². The standard InChI is InChI=1S/C25H31NO4/c1-25(2)29-23-22(27-17-19-11-7-4-8-12-19)21(28-24(23)30-25)20-14-16-26(20)15-13-18-9-5-3-6-10-18/h3-12,20-24H,13-17H2,1-2H3/t20-,21+,22-,23+,24+/m0/s1. The van der Waals surface area contributed by atoms with E-state index < -0.39 is 5.79 Å². The summed E-state index contributed by atoms with van der Waals surface area (Å²) in [7, 11) is 0. The summed E-state index contributed by atoms with van der Waals surface area (Å²) >= 11 is 0. The normalized spacial score (nSPS) is 32.7. The minimum Gasteiger partial charge on any atom is -0.368 e. The van der Waals surface area contributed by atoms with Crippen LogP contribution >= 0.6 is 0 Å². The van der Waals surface area contributed by atoms with E-state index in [1.807, 2.05) is 32.0 Å². The van der Waals surface area contributed by atoms with Crippen molar-refractivity contribution in [3.63, 3.8) is 0 Å². The zero-order valence-corrected chi connectivity index (χ0v) is 17.8. The van der Waals surface area contributed by atoms with Gasteiger partial charge in [0.1, 0.15) is 18.3 Å². The van der Waals surface area contributed by atoms with E-state index >= 15 is 0 Å². The van der Waals surface area contributed by atoms with Gasteiger partial charge in [0.05, 0.1) is 6.61 Å². The van der Waals surface area contributed by atoms with Gasteiger partial charge in [0.15, 0.2) is 12.1 Å². The number of likely N-dealkylation sites (tertiary alicyclic amines) is 1. The molecule has 3 saturated heterocycles. The van der Waals surface area contributed by atoms with Gasteiger partial charge >= 0.3 is 0 Å². The molecule has 3 heterocycles. The molecule has 5 rings (SSSR count). The molecule has 3 fully saturated rings. The number of hydrogen-bond acceptors (Lipinski definition) is 5. The van der Waals surface area contributed by atoms with Gasteiger partial charge in [-0.2, -0.15) is 0 Å². The fourth-order valence-corrected chi connectivity index (χ4v) is 4.80. The fourth-order valence-electron chi connectivity index (χ4n) is 4.80. The summed E-state index contributed by atoms with van der Waals surface area (Å²) in [6.07, 6.45) is 1.44. The molecule has 0 aromatic heterocycles. The van der Waals surface area contributed by atoms with Crippen molar-refractivity contribution in [3.8, 4) is 0 Å². The van der Waals surface area contributed by atoms with Crippen molar-refractivity contribution in [3.05, 3.63) is 71.8 Å². The summed E-state index contributed by atoms with van der Waals surface area (Å²) in [5, 5.41) is 0. The molecule has 0 radical (unpaired) electrons. The van der Waals surface area contributed by atoms with Crippen LogP contribution < -0.4 is 0 Å². The average Bonchev–Trinajstić information content (AvgIpc) is 3.18. The van der Waals surface area contributed by atoms with Crippen molar-refractivity contribution in [2.24, 2.45) is 0 Å². The Labute approximate surface area is 178 Å². The Morgan fingerprint density at radius 3 is 2.30 bits per heavy atom. The lowest BCUT2D eigenvalue weighted by Gasteiger charge is -2.45. The topological polar surface area (TPSA) is 40.2 Å². The van der Waals surface area contributed by atoms with Crippen LogP contribution in [0.15, 0.2) is 60.7 Å². The predicted molar refractivity (Wildman–Crippen MR) is 114 cm³/mol. The van der Waals surface area contributed by atoms with Crippen LogP contribution in [0.25, 0.3) is 0 Å². The molecule has 0 unspecified atom stereocenters. The maximum Gasteiger partial charge on any atom is 0.190 e. The Morgan fingerprint density at radius 1 is 0.933 bits per heavy atom. The van der Waals surface area contributed by atoms with Gasteiger partial charge < -0.3 is 18.9 Å². The molecular formula is C25H31NO4. The minimum atomic E-state index is -0.638. The van der Waals surface area contributed by atoms with Crippen LogP contribution in [-0.4, -0.2) is 54.4 Å². The number of rotatable bonds is 7. The smallest absolute Gasteiger partial charge is 0.190 e. The van der Waals surface area contributed by atoms with Gasteiger partial charge in [-0.05, 0) is 37.8 Å². The molecule has 5 nitrogen and oxygen atoms in total. The molecule has 0 saturated carbocycles. The lowest BCUT2D eigenvalue weighted by molar-refractivity contribution is -0.231. The van der Waals surface area contributed by atoms with E-state index in [0.717, 1.165) is 31.5 Å². The van der Waals surface area contributed by atoms with E-state index in [0.29, 0.717) is 12.6 Å². The Kier molecular flexibility index (Phi) is 5.65. The fraction of sp³-hybridized carbons (Fsp3) is 0.520. The van der Waals surface area contributed by atoms with Crippen molar-refractivity contribution in [2.45, 2.75) is 69.7 Å². The SMILES string of the molecule is CC1(C)O[C@H]2O[C@H]([C@@H]3CCN3CCc3ccccc3)[C@H](OCc3ccccc3)[C@H]2O1. The quantitative estimate of drug-likeness (QED) is 0.696. The molecule has 2 aromatic carbocycles. The van der Waals surface area contributed by atoms with Crippen molar-refractivity contribution in [2.75, 3.05) is 13.1 Å². The highest BCUT2D eigenvalue weighted by atomic mass is 16.8. The van der Waals surface area contributed by atoms with E-state index in [-0.39, 0.29) is 24.6 Å². The third-order valence-corrected chi connectivity index (χ3v) is 6.40. The molecule has 160 valence electrons. The zero-order chi connectivity index (χ0) is 20.6. The number of hydrogen-bond donors (Lipinski definition) is 0. The molecule has 5 atom stereocenters. The maximum absolute atomic E-state index is 6.42. The largest absolute Gasteiger partial charge is 0.368 e. The Balaban J connectivity index is 1.26. The van der Waals surface area contributed by atoms with Crippen LogP contribution in [0.4, 0.5) is 0 Å². The summed E-state index contributed by atoms with van der Waals surface area (Å²) in [6.45, 7) is 6.56. The average molecular weight is 410 g/mol. The number of benzene rings is 2. The highest BCUT2D eigenvalue weighted by molar-refractivity contribution is 5.16. The van der Waals surface area contributed by atoms with Crippen molar-refractivity contribution in [1.82, 2.24) is 4.90 Å². The van der Waals surface area contributed by atoms with Crippen LogP contribution in [0.3, 0.4) is 0 Å². The van der Waals surface area contributed by atoms with Crippen LogP contribution in [-0.2, 0) is 32.0 Å². The number of ether oxygens (including phenoxy) is 4. The molecule has 0 amide bonds. The van der Waals surface area contributed by atoms with E-state index in [2.05, 4.69) is 47.4 Å². The second-order valence-corrected chi connectivity index (χ2v) is 8.96. The molecular weight excluding hydrogens is 378 g/mol. The predicted octanol–water partition coefficient (Wildman–Crippen LogP) is 3.77. The van der Waals surface area contributed by atoms with Crippen molar-refractivity contribution in [1.29, 1.82) is 0 Å². The van der Waals surface area contributed by atoms with E-state index in [1.54, 1.807) is 0 Å². The van der Waals surface area contributed by atoms with E-state index in [9.17, 15) is 0 Å². The van der Waals surface area contributed by atoms with Gasteiger partial charge in [-0.25, -0.2) is 0 Å². The molecule has 0 N–H and O–H groups in total. The molecule has 0 bridgehead atoms. The van der Waals surface area contributed by atoms with Crippen LogP contribution in [0.1, 0.15) is 31.4 Å². The monoisotopic (exact) mass is 409 g/mol. The van der Waals surface area contributed by atoms with E-state index in [1.165, 1.54) is 5.56 Å². The zero-order valence-electron chi connectivity index (χ0n) is 17.8. The highest BCUT2D eigenvalue weighted by Crippen LogP contribution is 2.42. The first kappa shape index (κ1) is 20.2. The lowest BCUT2D eigenvalue weighted by Crippen LogP contribution is -2.58. The molecule has 0 aliphatic carbocycles. The Hall–Kier alpha value is -1.76. The van der Waals surface area contributed by atoms with Crippen molar-refractivity contribution >= 4 is 0 Å². The van der Waals surface area contributed by atoms with Gasteiger partial charge in [-0.15, -0.1) is 0 Å². The summed E-state index contributed by atoms with van der Waals surface area (Å²) in [6, 6.07) is 21.3. The van der Waals surface area contributed by atoms with E-state index in [4.69, 9.17) is 18.9 Å². The van der Waals surface area contributed by atoms with Gasteiger partial charge in [0.2, 0.25) is 0 Å². The molecule has 2 aromatic rings. The summed E-state index contributed by atoms with van der Waals surface area (Å²) < 4.78 is 25.0. The second-order valence-electron chi connectivity index (χ2n) is 8.96. The lowest BCUT2D eigenvalue weighted by atomic mass is 9.92. The maximum atomic E-state index is 6.42. The van der Waals surface area contributed by atoms with Gasteiger partial charge in [0.25, 0.3) is 0 Å². The van der Waals surface area contributed by atoms with Crippen LogP contribution in [0.5, 0.6) is 0 Å². The van der Waals surface area contributed by atoms with Crippen LogP contribution in [0, 0.1) is 0 Å². The molecule has 0 spiro atoms. The van der Waals surface area contributed by atoms with Crippen molar-refractivity contribution < 1.29 is 18.9 Å². The molecule has 30 heavy (non-hydrogen) atoms. The first-order chi connectivity index (χ1) is 14.6. The van der Waals surface area contributed by atoms with Crippen LogP contribution in [0.2, 0.25) is 0 Å². The number of fused-ring (bicyclic) bond motifs is 1. The third kappa shape index (κ3) is 4.18. The summed E-state index contributed by atoms with van der Waals surface area (Å²) in [5.74, 6) is -0.638. The highest BCUT2D eigenvalue weighted by Gasteiger charge is 2.58. The van der Waals surface area contributed by atoms with Gasteiger partial charge in [0, 0.05) is 19.1 Å². The van der Waals surface area contributed by atoms with Gasteiger partial charge in [-0.3, -0.25) is 4.90 Å². The molecule has 5 heteroatoms. The third-order valence-electron chi connectivity index (χ3n) is 6.40. The summed E-state index contributed by atoms with van der Waals surface area (Å²) in [5.41, 5.74) is 2.53. The number of nitrogens with zero attached hydrogens (tertiary/aromatic N) is 1. The Bertz CT molecular complexity index is 828. The second kappa shape index (κ2) is 8.40. The summed E-state index contributed by atoms with van der Waals surface area (Å²) in [4.78, 5) is 2.52.